The monoisotopic (exact) mass is 489 g/mol. The number of aromatic nitrogens is 3. The predicted octanol–water partition coefficient (Wildman–Crippen LogP) is 5.63. The Bertz CT molecular complexity index is 1520. The van der Waals surface area contributed by atoms with E-state index in [-0.39, 0.29) is 11.4 Å². The van der Waals surface area contributed by atoms with Gasteiger partial charge in [-0.2, -0.15) is 0 Å². The molecule has 0 fully saturated rings. The number of halogens is 1. The lowest BCUT2D eigenvalue weighted by molar-refractivity contribution is 0.510. The smallest absolute Gasteiger partial charge is 0.296 e. The Morgan fingerprint density at radius 3 is 2.57 bits per heavy atom. The van der Waals surface area contributed by atoms with E-state index in [9.17, 15) is 9.18 Å². The molecule has 6 nitrogen and oxygen atoms in total. The lowest BCUT2D eigenvalue weighted by Gasteiger charge is -2.21. The third kappa shape index (κ3) is 4.41. The SMILES string of the molecule is Cc1c(N=c2scc(-c3ccccc3F)n2NC2=CC[C@H](C)CC2)c(=O)n(-c2ccccc2)n1C. The molecular weight excluding hydrogens is 461 g/mol. The summed E-state index contributed by atoms with van der Waals surface area (Å²) < 4.78 is 20.0. The van der Waals surface area contributed by atoms with Gasteiger partial charge in [0.15, 0.2) is 5.69 Å². The molecule has 1 aliphatic rings. The maximum absolute atomic E-state index is 14.8. The normalized spacial score (nSPS) is 16.4. The number of thiazole rings is 1. The van der Waals surface area contributed by atoms with Gasteiger partial charge in [-0.3, -0.25) is 14.9 Å². The number of allylic oxidation sites excluding steroid dienone is 2. The number of benzene rings is 2. The van der Waals surface area contributed by atoms with Crippen LogP contribution in [0.4, 0.5) is 10.1 Å². The molecule has 0 saturated carbocycles. The van der Waals surface area contributed by atoms with Gasteiger partial charge in [-0.1, -0.05) is 43.3 Å². The van der Waals surface area contributed by atoms with Crippen molar-refractivity contribution in [1.29, 1.82) is 0 Å². The average molecular weight is 490 g/mol. The lowest BCUT2D eigenvalue weighted by atomic mass is 9.95. The summed E-state index contributed by atoms with van der Waals surface area (Å²) in [5.41, 5.74) is 7.38. The van der Waals surface area contributed by atoms with Crippen molar-refractivity contribution in [2.24, 2.45) is 18.0 Å². The quantitative estimate of drug-likeness (QED) is 0.395. The van der Waals surface area contributed by atoms with E-state index in [1.54, 1.807) is 16.8 Å². The summed E-state index contributed by atoms with van der Waals surface area (Å²) in [6.07, 6.45) is 5.19. The first-order valence-electron chi connectivity index (χ1n) is 11.7. The minimum Gasteiger partial charge on any atom is -0.296 e. The fourth-order valence-corrected chi connectivity index (χ4v) is 5.19. The maximum atomic E-state index is 14.8. The summed E-state index contributed by atoms with van der Waals surface area (Å²) in [5, 5.41) is 1.88. The van der Waals surface area contributed by atoms with Crippen molar-refractivity contribution in [2.45, 2.75) is 33.1 Å². The van der Waals surface area contributed by atoms with Crippen LogP contribution >= 0.6 is 11.3 Å². The van der Waals surface area contributed by atoms with Crippen LogP contribution in [0.25, 0.3) is 16.9 Å². The second kappa shape index (κ2) is 9.54. The van der Waals surface area contributed by atoms with Gasteiger partial charge in [0.25, 0.3) is 5.56 Å². The molecule has 0 spiro atoms. The van der Waals surface area contributed by atoms with Crippen LogP contribution in [0.2, 0.25) is 0 Å². The average Bonchev–Trinajstić information content (AvgIpc) is 3.35. The first kappa shape index (κ1) is 23.1. The van der Waals surface area contributed by atoms with Crippen LogP contribution < -0.4 is 15.8 Å². The Balaban J connectivity index is 1.68. The highest BCUT2D eigenvalue weighted by Crippen LogP contribution is 2.26. The van der Waals surface area contributed by atoms with Crippen LogP contribution in [-0.4, -0.2) is 14.0 Å². The molecule has 1 N–H and O–H groups in total. The van der Waals surface area contributed by atoms with Crippen molar-refractivity contribution in [2.75, 3.05) is 5.43 Å². The van der Waals surface area contributed by atoms with Crippen LogP contribution in [0.15, 0.2) is 81.5 Å². The van der Waals surface area contributed by atoms with Crippen molar-refractivity contribution in [3.63, 3.8) is 0 Å². The molecule has 0 bridgehead atoms. The standard InChI is InChI=1S/C27H28FN5OS/c1-18-13-15-20(16-14-18)30-32-24(22-11-7-8-12-23(22)28)17-35-27(32)29-25-19(2)31(3)33(26(25)34)21-9-5-4-6-10-21/h4-12,15,17-18,30H,13-14,16H2,1-3H3/t18-/m0/s1. The highest BCUT2D eigenvalue weighted by atomic mass is 32.1. The second-order valence-electron chi connectivity index (χ2n) is 8.96. The molecule has 0 saturated heterocycles. The van der Waals surface area contributed by atoms with E-state index < -0.39 is 0 Å². The van der Waals surface area contributed by atoms with Crippen LogP contribution in [-0.2, 0) is 7.05 Å². The van der Waals surface area contributed by atoms with Gasteiger partial charge < -0.3 is 0 Å². The minimum atomic E-state index is -0.305. The molecule has 0 aliphatic heterocycles. The molecule has 0 amide bonds. The summed E-state index contributed by atoms with van der Waals surface area (Å²) in [5.74, 6) is 0.340. The van der Waals surface area contributed by atoms with E-state index in [1.807, 2.05) is 65.1 Å². The van der Waals surface area contributed by atoms with Crippen molar-refractivity contribution < 1.29 is 4.39 Å². The van der Waals surface area contributed by atoms with Crippen LogP contribution in [0.1, 0.15) is 31.9 Å². The lowest BCUT2D eigenvalue weighted by Crippen LogP contribution is -2.27. The van der Waals surface area contributed by atoms with Gasteiger partial charge in [0.05, 0.1) is 17.1 Å². The first-order chi connectivity index (χ1) is 16.9. The van der Waals surface area contributed by atoms with Crippen molar-refractivity contribution in [3.8, 4) is 16.9 Å². The molecular formula is C27H28FN5OS. The highest BCUT2D eigenvalue weighted by molar-refractivity contribution is 7.07. The van der Waals surface area contributed by atoms with Crippen molar-refractivity contribution >= 4 is 17.0 Å². The molecule has 0 unspecified atom stereocenters. The molecule has 0 radical (unpaired) electrons. The summed E-state index contributed by atoms with van der Waals surface area (Å²) >= 11 is 1.37. The second-order valence-corrected chi connectivity index (χ2v) is 9.80. The number of hydrogen-bond donors (Lipinski definition) is 1. The fraction of sp³-hybridized carbons (Fsp3) is 0.259. The van der Waals surface area contributed by atoms with Gasteiger partial charge in [-0.05, 0) is 56.4 Å². The minimum absolute atomic E-state index is 0.200. The molecule has 35 heavy (non-hydrogen) atoms. The number of rotatable bonds is 5. The zero-order valence-corrected chi connectivity index (χ0v) is 20.8. The van der Waals surface area contributed by atoms with Gasteiger partial charge in [-0.25, -0.2) is 18.7 Å². The number of hydrogen-bond acceptors (Lipinski definition) is 4. The van der Waals surface area contributed by atoms with Crippen LogP contribution in [0.3, 0.4) is 0 Å². The van der Waals surface area contributed by atoms with Gasteiger partial charge in [0, 0.05) is 23.7 Å². The number of para-hydroxylation sites is 1. The topological polar surface area (TPSA) is 56.2 Å². The zero-order valence-electron chi connectivity index (χ0n) is 20.0. The molecule has 1 aliphatic carbocycles. The zero-order chi connectivity index (χ0) is 24.5. The molecule has 180 valence electrons. The molecule has 5 rings (SSSR count). The Labute approximate surface area is 207 Å². The third-order valence-corrected chi connectivity index (χ3v) is 7.34. The van der Waals surface area contributed by atoms with Crippen molar-refractivity contribution in [3.05, 3.63) is 98.4 Å². The van der Waals surface area contributed by atoms with E-state index in [0.29, 0.717) is 27.7 Å². The van der Waals surface area contributed by atoms with Crippen LogP contribution in [0.5, 0.6) is 0 Å². The molecule has 2 heterocycles. The Morgan fingerprint density at radius 2 is 1.86 bits per heavy atom. The molecule has 2 aromatic carbocycles. The van der Waals surface area contributed by atoms with E-state index in [0.717, 1.165) is 36.3 Å². The largest absolute Gasteiger partial charge is 0.297 e. The van der Waals surface area contributed by atoms with Crippen LogP contribution in [0, 0.1) is 18.7 Å². The highest BCUT2D eigenvalue weighted by Gasteiger charge is 2.19. The van der Waals surface area contributed by atoms with E-state index in [2.05, 4.69) is 18.4 Å². The molecule has 8 heteroatoms. The van der Waals surface area contributed by atoms with Gasteiger partial charge in [-0.15, -0.1) is 11.3 Å². The Morgan fingerprint density at radius 1 is 1.11 bits per heavy atom. The summed E-state index contributed by atoms with van der Waals surface area (Å²) in [6.45, 7) is 4.13. The maximum Gasteiger partial charge on any atom is 0.297 e. The Kier molecular flexibility index (Phi) is 6.30. The fourth-order valence-electron chi connectivity index (χ4n) is 4.34. The van der Waals surface area contributed by atoms with Gasteiger partial charge >= 0.3 is 0 Å². The van der Waals surface area contributed by atoms with Crippen molar-refractivity contribution in [1.82, 2.24) is 14.0 Å². The Hall–Kier alpha value is -3.65. The van der Waals surface area contributed by atoms with Gasteiger partial charge in [0.2, 0.25) is 4.80 Å². The number of nitrogens with one attached hydrogen (secondary N) is 1. The van der Waals surface area contributed by atoms with E-state index in [1.165, 1.54) is 17.4 Å². The predicted molar refractivity (Wildman–Crippen MR) is 139 cm³/mol. The molecule has 4 aromatic rings. The third-order valence-electron chi connectivity index (χ3n) is 6.52. The first-order valence-corrected chi connectivity index (χ1v) is 12.6. The summed E-state index contributed by atoms with van der Waals surface area (Å²) in [7, 11) is 1.85. The summed E-state index contributed by atoms with van der Waals surface area (Å²) in [4.78, 5) is 18.8. The number of nitrogens with zero attached hydrogens (tertiary/aromatic N) is 4. The molecule has 1 atom stereocenters. The van der Waals surface area contributed by atoms with E-state index >= 15 is 0 Å². The van der Waals surface area contributed by atoms with E-state index in [4.69, 9.17) is 4.99 Å². The van der Waals surface area contributed by atoms with Gasteiger partial charge in [0.1, 0.15) is 5.82 Å². The summed E-state index contributed by atoms with van der Waals surface area (Å²) in [6, 6.07) is 16.2. The molecule has 2 aromatic heterocycles.